The third-order valence-corrected chi connectivity index (χ3v) is 4.98. The van der Waals surface area contributed by atoms with Crippen LogP contribution in [-0.4, -0.2) is 5.78 Å². The molecule has 2 atom stereocenters. The molecule has 1 fully saturated rings. The molecule has 0 radical (unpaired) electrons. The molecule has 3 heteroatoms. The zero-order valence-corrected chi connectivity index (χ0v) is 13.2. The van der Waals surface area contributed by atoms with Crippen molar-refractivity contribution in [1.29, 1.82) is 0 Å². The Labute approximate surface area is 130 Å². The molecule has 0 saturated heterocycles. The number of aryl methyl sites for hydroxylation is 1. The molecule has 0 aliphatic heterocycles. The number of carbonyl (C=O) groups is 1. The minimum Gasteiger partial charge on any atom is -0.377 e. The second-order valence-corrected chi connectivity index (χ2v) is 6.64. The first-order valence-corrected chi connectivity index (χ1v) is 8.56. The van der Waals surface area contributed by atoms with Crippen molar-refractivity contribution in [2.45, 2.75) is 38.6 Å². The summed E-state index contributed by atoms with van der Waals surface area (Å²) in [6.45, 7) is 2.09. The average molecular weight is 299 g/mol. The van der Waals surface area contributed by atoms with Crippen molar-refractivity contribution in [3.8, 4) is 0 Å². The SMILES string of the molecule is Cc1ccc(NC(c2ccsc2)C2CCCCC2=O)cc1. The summed E-state index contributed by atoms with van der Waals surface area (Å²) in [6.07, 6.45) is 3.95. The Morgan fingerprint density at radius 1 is 1.19 bits per heavy atom. The predicted octanol–water partition coefficient (Wildman–Crippen LogP) is 4.97. The van der Waals surface area contributed by atoms with E-state index >= 15 is 0 Å². The molecule has 2 nitrogen and oxygen atoms in total. The molecule has 1 aromatic heterocycles. The summed E-state index contributed by atoms with van der Waals surface area (Å²) in [4.78, 5) is 12.3. The first kappa shape index (κ1) is 14.3. The van der Waals surface area contributed by atoms with Crippen LogP contribution in [0.3, 0.4) is 0 Å². The maximum Gasteiger partial charge on any atom is 0.138 e. The zero-order valence-electron chi connectivity index (χ0n) is 12.3. The lowest BCUT2D eigenvalue weighted by molar-refractivity contribution is -0.125. The maximum atomic E-state index is 12.3. The number of anilines is 1. The fourth-order valence-corrected chi connectivity index (χ4v) is 3.76. The fourth-order valence-electron chi connectivity index (χ4n) is 3.06. The summed E-state index contributed by atoms with van der Waals surface area (Å²) >= 11 is 1.69. The quantitative estimate of drug-likeness (QED) is 0.863. The van der Waals surface area contributed by atoms with Gasteiger partial charge in [0.15, 0.2) is 0 Å². The van der Waals surface area contributed by atoms with Crippen molar-refractivity contribution in [3.63, 3.8) is 0 Å². The van der Waals surface area contributed by atoms with Gasteiger partial charge in [0.05, 0.1) is 6.04 Å². The summed E-state index contributed by atoms with van der Waals surface area (Å²) in [5, 5.41) is 7.84. The minimum atomic E-state index is 0.103. The highest BCUT2D eigenvalue weighted by Crippen LogP contribution is 2.35. The van der Waals surface area contributed by atoms with Crippen LogP contribution in [0.2, 0.25) is 0 Å². The van der Waals surface area contributed by atoms with Crippen LogP contribution < -0.4 is 5.32 Å². The number of hydrogen-bond acceptors (Lipinski definition) is 3. The highest BCUT2D eigenvalue weighted by atomic mass is 32.1. The number of thiophene rings is 1. The van der Waals surface area contributed by atoms with Crippen molar-refractivity contribution in [1.82, 2.24) is 0 Å². The van der Waals surface area contributed by atoms with E-state index in [1.807, 2.05) is 0 Å². The lowest BCUT2D eigenvalue weighted by atomic mass is 9.80. The molecular weight excluding hydrogens is 278 g/mol. The standard InChI is InChI=1S/C18H21NOS/c1-13-6-8-15(9-7-13)19-18(14-10-11-21-12-14)16-4-2-3-5-17(16)20/h6-12,16,18-19H,2-5H2,1H3. The van der Waals surface area contributed by atoms with E-state index in [9.17, 15) is 4.79 Å². The largest absolute Gasteiger partial charge is 0.377 e. The molecule has 1 aliphatic carbocycles. The normalized spacial score (nSPS) is 20.2. The van der Waals surface area contributed by atoms with Crippen LogP contribution in [-0.2, 0) is 4.79 Å². The average Bonchev–Trinajstić information content (AvgIpc) is 3.02. The molecule has 0 bridgehead atoms. The van der Waals surface area contributed by atoms with E-state index in [1.54, 1.807) is 11.3 Å². The van der Waals surface area contributed by atoms with Crippen molar-refractivity contribution in [3.05, 3.63) is 52.2 Å². The molecule has 1 aromatic carbocycles. The van der Waals surface area contributed by atoms with Crippen LogP contribution in [0.25, 0.3) is 0 Å². The van der Waals surface area contributed by atoms with E-state index in [0.29, 0.717) is 5.78 Å². The molecule has 1 N–H and O–H groups in total. The smallest absolute Gasteiger partial charge is 0.138 e. The Balaban J connectivity index is 1.85. The summed E-state index contributed by atoms with van der Waals surface area (Å²) in [5.41, 5.74) is 3.58. The number of carbonyl (C=O) groups excluding carboxylic acids is 1. The van der Waals surface area contributed by atoms with Gasteiger partial charge in [-0.15, -0.1) is 0 Å². The molecule has 2 aromatic rings. The molecule has 1 saturated carbocycles. The van der Waals surface area contributed by atoms with E-state index in [2.05, 4.69) is 53.3 Å². The Hall–Kier alpha value is -1.61. The highest BCUT2D eigenvalue weighted by molar-refractivity contribution is 7.08. The lowest BCUT2D eigenvalue weighted by Crippen LogP contribution is -2.30. The molecule has 1 aliphatic rings. The fraction of sp³-hybridized carbons (Fsp3) is 0.389. The molecular formula is C18H21NOS. The van der Waals surface area contributed by atoms with Crippen LogP contribution in [0, 0.1) is 12.8 Å². The van der Waals surface area contributed by atoms with Gasteiger partial charge in [-0.25, -0.2) is 0 Å². The van der Waals surface area contributed by atoms with Gasteiger partial charge in [0.25, 0.3) is 0 Å². The Bertz CT molecular complexity index is 588. The number of Topliss-reactive ketones (excluding diaryl/α,β-unsaturated/α-hetero) is 1. The Kier molecular flexibility index (Phi) is 4.39. The van der Waals surface area contributed by atoms with E-state index < -0.39 is 0 Å². The summed E-state index contributed by atoms with van der Waals surface area (Å²) < 4.78 is 0. The predicted molar refractivity (Wildman–Crippen MR) is 88.8 cm³/mol. The Morgan fingerprint density at radius 3 is 2.67 bits per heavy atom. The van der Waals surface area contributed by atoms with Gasteiger partial charge in [-0.1, -0.05) is 24.1 Å². The lowest BCUT2D eigenvalue weighted by Gasteiger charge is -2.30. The first-order chi connectivity index (χ1) is 10.2. The van der Waals surface area contributed by atoms with Crippen LogP contribution in [0.15, 0.2) is 41.1 Å². The number of benzene rings is 1. The monoisotopic (exact) mass is 299 g/mol. The van der Waals surface area contributed by atoms with Gasteiger partial charge < -0.3 is 5.32 Å². The highest BCUT2D eigenvalue weighted by Gasteiger charge is 2.31. The number of ketones is 1. The first-order valence-electron chi connectivity index (χ1n) is 7.62. The molecule has 1 heterocycles. The van der Waals surface area contributed by atoms with E-state index in [4.69, 9.17) is 0 Å². The maximum absolute atomic E-state index is 12.3. The number of hydrogen-bond donors (Lipinski definition) is 1. The van der Waals surface area contributed by atoms with Crippen molar-refractivity contribution in [2.75, 3.05) is 5.32 Å². The van der Waals surface area contributed by atoms with Gasteiger partial charge in [-0.05, 0) is 54.3 Å². The van der Waals surface area contributed by atoms with Gasteiger partial charge in [-0.2, -0.15) is 11.3 Å². The third-order valence-electron chi connectivity index (χ3n) is 4.28. The van der Waals surface area contributed by atoms with E-state index in [0.717, 1.165) is 31.4 Å². The van der Waals surface area contributed by atoms with Crippen LogP contribution in [0.4, 0.5) is 5.69 Å². The van der Waals surface area contributed by atoms with Crippen LogP contribution in [0.1, 0.15) is 42.9 Å². The van der Waals surface area contributed by atoms with Gasteiger partial charge in [-0.3, -0.25) is 4.79 Å². The van der Waals surface area contributed by atoms with Gasteiger partial charge in [0.2, 0.25) is 0 Å². The second-order valence-electron chi connectivity index (χ2n) is 5.86. The molecule has 0 amide bonds. The Morgan fingerprint density at radius 2 is 2.00 bits per heavy atom. The third kappa shape index (κ3) is 3.35. The number of rotatable bonds is 4. The van der Waals surface area contributed by atoms with Gasteiger partial charge >= 0.3 is 0 Å². The topological polar surface area (TPSA) is 29.1 Å². The molecule has 110 valence electrons. The molecule has 21 heavy (non-hydrogen) atoms. The van der Waals surface area contributed by atoms with Crippen molar-refractivity contribution in [2.24, 2.45) is 5.92 Å². The summed E-state index contributed by atoms with van der Waals surface area (Å²) in [7, 11) is 0. The van der Waals surface area contributed by atoms with E-state index in [-0.39, 0.29) is 12.0 Å². The minimum absolute atomic E-state index is 0.103. The summed E-state index contributed by atoms with van der Waals surface area (Å²) in [6, 6.07) is 10.7. The van der Waals surface area contributed by atoms with E-state index in [1.165, 1.54) is 11.1 Å². The number of nitrogens with one attached hydrogen (secondary N) is 1. The van der Waals surface area contributed by atoms with Crippen molar-refractivity contribution >= 4 is 22.8 Å². The van der Waals surface area contributed by atoms with Crippen LogP contribution in [0.5, 0.6) is 0 Å². The molecule has 0 spiro atoms. The second kappa shape index (κ2) is 6.44. The summed E-state index contributed by atoms with van der Waals surface area (Å²) in [5.74, 6) is 0.520. The van der Waals surface area contributed by atoms with Crippen LogP contribution >= 0.6 is 11.3 Å². The molecule has 3 rings (SSSR count). The van der Waals surface area contributed by atoms with Crippen molar-refractivity contribution < 1.29 is 4.79 Å². The van der Waals surface area contributed by atoms with Gasteiger partial charge in [0.1, 0.15) is 5.78 Å². The zero-order chi connectivity index (χ0) is 14.7. The molecule has 2 unspecified atom stereocenters. The van der Waals surface area contributed by atoms with Gasteiger partial charge in [0, 0.05) is 18.0 Å².